The first kappa shape index (κ1) is 16.7. The molecule has 1 amide bonds. The van der Waals surface area contributed by atoms with Gasteiger partial charge in [-0.1, -0.05) is 12.1 Å². The fourth-order valence-electron chi connectivity index (χ4n) is 2.01. The van der Waals surface area contributed by atoms with Gasteiger partial charge in [0.25, 0.3) is 0 Å². The van der Waals surface area contributed by atoms with Crippen LogP contribution in [0.3, 0.4) is 0 Å². The Bertz CT molecular complexity index is 652. The third-order valence-corrected chi connectivity index (χ3v) is 4.73. The van der Waals surface area contributed by atoms with Gasteiger partial charge in [-0.15, -0.1) is 11.3 Å². The molecule has 0 aliphatic heterocycles. The number of carbonyl (C=O) groups is 2. The molecule has 2 rings (SSSR count). The number of hydrogen-bond acceptors (Lipinski definition) is 3. The van der Waals surface area contributed by atoms with Crippen LogP contribution >= 0.6 is 27.3 Å². The summed E-state index contributed by atoms with van der Waals surface area (Å²) in [4.78, 5) is 23.7. The average molecular weight is 382 g/mol. The molecule has 0 unspecified atom stereocenters. The number of halogens is 1. The largest absolute Gasteiger partial charge is 0.481 e. The Hall–Kier alpha value is -1.66. The number of carbonyl (C=O) groups excluding carboxylic acids is 1. The van der Waals surface area contributed by atoms with E-state index >= 15 is 0 Å². The van der Waals surface area contributed by atoms with Gasteiger partial charge in [-0.05, 0) is 58.6 Å². The van der Waals surface area contributed by atoms with Gasteiger partial charge in [0.1, 0.15) is 0 Å². The summed E-state index contributed by atoms with van der Waals surface area (Å²) < 4.78 is 1.11. The molecule has 0 atom stereocenters. The van der Waals surface area contributed by atoms with Crippen molar-refractivity contribution in [3.63, 3.8) is 0 Å². The van der Waals surface area contributed by atoms with Crippen molar-refractivity contribution in [1.82, 2.24) is 0 Å². The summed E-state index contributed by atoms with van der Waals surface area (Å²) in [5.41, 5.74) is 1.41. The van der Waals surface area contributed by atoms with Crippen molar-refractivity contribution in [2.45, 2.75) is 25.7 Å². The molecule has 0 saturated heterocycles. The van der Waals surface area contributed by atoms with Gasteiger partial charge < -0.3 is 10.4 Å². The lowest BCUT2D eigenvalue weighted by atomic mass is 10.1. The highest BCUT2D eigenvalue weighted by molar-refractivity contribution is 9.11. The van der Waals surface area contributed by atoms with Crippen LogP contribution in [0, 0.1) is 0 Å². The minimum Gasteiger partial charge on any atom is -0.481 e. The molecule has 0 fully saturated rings. The van der Waals surface area contributed by atoms with Crippen molar-refractivity contribution >= 4 is 44.8 Å². The zero-order chi connectivity index (χ0) is 15.9. The van der Waals surface area contributed by atoms with Crippen LogP contribution in [-0.2, 0) is 22.4 Å². The number of amides is 1. The van der Waals surface area contributed by atoms with E-state index in [0.717, 1.165) is 16.6 Å². The number of hydrogen-bond donors (Lipinski definition) is 2. The number of carboxylic acid groups (broad SMARTS) is 1. The minimum atomic E-state index is -0.864. The number of aryl methyl sites for hydroxylation is 1. The molecule has 0 radical (unpaired) electrons. The maximum Gasteiger partial charge on any atom is 0.307 e. The third-order valence-electron chi connectivity index (χ3n) is 3.05. The van der Waals surface area contributed by atoms with Gasteiger partial charge in [0.2, 0.25) is 5.91 Å². The third kappa shape index (κ3) is 5.61. The summed E-state index contributed by atoms with van der Waals surface area (Å²) in [6.45, 7) is 0. The minimum absolute atomic E-state index is 0.00933. The fourth-order valence-corrected chi connectivity index (χ4v) is 3.54. The number of thiophene rings is 1. The quantitative estimate of drug-likeness (QED) is 0.758. The molecule has 0 bridgehead atoms. The van der Waals surface area contributed by atoms with Crippen molar-refractivity contribution in [1.29, 1.82) is 0 Å². The highest BCUT2D eigenvalue weighted by Crippen LogP contribution is 2.23. The van der Waals surface area contributed by atoms with E-state index in [-0.39, 0.29) is 12.3 Å². The molecule has 2 aromatic rings. The van der Waals surface area contributed by atoms with Gasteiger partial charge in [0.05, 0.1) is 10.2 Å². The van der Waals surface area contributed by atoms with E-state index < -0.39 is 5.97 Å². The van der Waals surface area contributed by atoms with E-state index in [1.165, 1.54) is 4.88 Å². The molecule has 0 spiro atoms. The molecule has 0 aliphatic rings. The summed E-state index contributed by atoms with van der Waals surface area (Å²) in [6, 6.07) is 11.0. The van der Waals surface area contributed by atoms with E-state index in [0.29, 0.717) is 17.7 Å². The first-order valence-electron chi connectivity index (χ1n) is 6.88. The van der Waals surface area contributed by atoms with Crippen LogP contribution in [0.25, 0.3) is 0 Å². The highest BCUT2D eigenvalue weighted by Gasteiger charge is 2.05. The van der Waals surface area contributed by atoms with Crippen molar-refractivity contribution in [2.24, 2.45) is 0 Å². The molecular weight excluding hydrogens is 366 g/mol. The topological polar surface area (TPSA) is 66.4 Å². The van der Waals surface area contributed by atoms with Crippen LogP contribution in [0.5, 0.6) is 0 Å². The Balaban J connectivity index is 1.75. The monoisotopic (exact) mass is 381 g/mol. The van der Waals surface area contributed by atoms with Gasteiger partial charge in [-0.3, -0.25) is 9.59 Å². The molecule has 22 heavy (non-hydrogen) atoms. The van der Waals surface area contributed by atoms with Crippen molar-refractivity contribution < 1.29 is 14.7 Å². The molecule has 116 valence electrons. The van der Waals surface area contributed by atoms with Gasteiger partial charge in [-0.2, -0.15) is 0 Å². The second kappa shape index (κ2) is 8.10. The number of carboxylic acids is 1. The summed E-state index contributed by atoms with van der Waals surface area (Å²) in [7, 11) is 0. The number of aliphatic carboxylic acids is 1. The smallest absolute Gasteiger partial charge is 0.307 e. The first-order valence-corrected chi connectivity index (χ1v) is 8.48. The van der Waals surface area contributed by atoms with Crippen molar-refractivity contribution in [3.05, 3.63) is 50.6 Å². The van der Waals surface area contributed by atoms with Crippen LogP contribution in [0.15, 0.2) is 40.2 Å². The molecule has 6 heteroatoms. The van der Waals surface area contributed by atoms with E-state index in [2.05, 4.69) is 27.3 Å². The Kier molecular flexibility index (Phi) is 6.15. The molecule has 2 N–H and O–H groups in total. The standard InChI is InChI=1S/C16H16BrNO3S/c17-14-9-8-13(22-14)2-1-3-15(19)18-12-6-4-11(5-7-12)10-16(20)21/h4-9H,1-3,10H2,(H,18,19)(H,20,21). The van der Waals surface area contributed by atoms with E-state index in [1.807, 2.05) is 6.07 Å². The Morgan fingerprint density at radius 3 is 2.45 bits per heavy atom. The first-order chi connectivity index (χ1) is 10.5. The van der Waals surface area contributed by atoms with E-state index in [9.17, 15) is 9.59 Å². The van der Waals surface area contributed by atoms with Crippen LogP contribution < -0.4 is 5.32 Å². The lowest BCUT2D eigenvalue weighted by Crippen LogP contribution is -2.11. The molecule has 1 heterocycles. The van der Waals surface area contributed by atoms with Crippen LogP contribution in [0.4, 0.5) is 5.69 Å². The van der Waals surface area contributed by atoms with Gasteiger partial charge in [-0.25, -0.2) is 0 Å². The molecule has 0 saturated carbocycles. The molecule has 0 aliphatic carbocycles. The fraction of sp³-hybridized carbons (Fsp3) is 0.250. The van der Waals surface area contributed by atoms with Crippen LogP contribution in [0.1, 0.15) is 23.3 Å². The van der Waals surface area contributed by atoms with Crippen molar-refractivity contribution in [2.75, 3.05) is 5.32 Å². The van der Waals surface area contributed by atoms with E-state index in [1.54, 1.807) is 35.6 Å². The average Bonchev–Trinajstić information content (AvgIpc) is 2.86. The highest BCUT2D eigenvalue weighted by atomic mass is 79.9. The maximum absolute atomic E-state index is 11.9. The van der Waals surface area contributed by atoms with Gasteiger partial charge in [0, 0.05) is 17.0 Å². The lowest BCUT2D eigenvalue weighted by molar-refractivity contribution is -0.136. The Morgan fingerprint density at radius 2 is 1.86 bits per heavy atom. The Morgan fingerprint density at radius 1 is 1.14 bits per heavy atom. The number of anilines is 1. The second-order valence-electron chi connectivity index (χ2n) is 4.87. The van der Waals surface area contributed by atoms with E-state index in [4.69, 9.17) is 5.11 Å². The van der Waals surface area contributed by atoms with Gasteiger partial charge in [0.15, 0.2) is 0 Å². The predicted molar refractivity (Wildman–Crippen MR) is 91.4 cm³/mol. The zero-order valence-corrected chi connectivity index (χ0v) is 14.2. The Labute approximate surface area is 141 Å². The summed E-state index contributed by atoms with van der Waals surface area (Å²) in [6.07, 6.45) is 2.15. The summed E-state index contributed by atoms with van der Waals surface area (Å²) in [5.74, 6) is -0.890. The maximum atomic E-state index is 11.9. The second-order valence-corrected chi connectivity index (χ2v) is 7.42. The SMILES string of the molecule is O=C(O)Cc1ccc(NC(=O)CCCc2ccc(Br)s2)cc1. The molecule has 1 aromatic carbocycles. The van der Waals surface area contributed by atoms with Crippen molar-refractivity contribution in [3.8, 4) is 0 Å². The van der Waals surface area contributed by atoms with Crippen LogP contribution in [0.2, 0.25) is 0 Å². The van der Waals surface area contributed by atoms with Crippen LogP contribution in [-0.4, -0.2) is 17.0 Å². The lowest BCUT2D eigenvalue weighted by Gasteiger charge is -2.06. The summed E-state index contributed by atoms with van der Waals surface area (Å²) in [5, 5.41) is 11.5. The number of rotatable bonds is 7. The van der Waals surface area contributed by atoms with Gasteiger partial charge >= 0.3 is 5.97 Å². The molecule has 4 nitrogen and oxygen atoms in total. The normalized spacial score (nSPS) is 10.4. The molecule has 1 aromatic heterocycles. The molecular formula is C16H16BrNO3S. The number of nitrogens with one attached hydrogen (secondary N) is 1. The summed E-state index contributed by atoms with van der Waals surface area (Å²) >= 11 is 5.11. The zero-order valence-electron chi connectivity index (χ0n) is 11.8. The predicted octanol–water partition coefficient (Wildman–Crippen LogP) is 4.10. The number of benzene rings is 1.